The van der Waals surface area contributed by atoms with Gasteiger partial charge in [0.05, 0.1) is 10.5 Å². The summed E-state index contributed by atoms with van der Waals surface area (Å²) in [5, 5.41) is 13.6. The number of nitrogens with one attached hydrogen (secondary N) is 1. The number of rotatable bonds is 5. The maximum absolute atomic E-state index is 11.8. The summed E-state index contributed by atoms with van der Waals surface area (Å²) in [5.41, 5.74) is 1.10. The van der Waals surface area contributed by atoms with E-state index in [1.807, 2.05) is 0 Å². The molecule has 0 aliphatic carbocycles. The Hall–Kier alpha value is -2.93. The standard InChI is InChI=1S/C16H13ClN2O5/c1-10-7-13(19(22)23)5-6-14(10)18-15(20)9-24-16(21)11-3-2-4-12(17)8-11/h2-8H,9H2,1H3,(H,18,20). The van der Waals surface area contributed by atoms with E-state index in [4.69, 9.17) is 16.3 Å². The number of hydrogen-bond acceptors (Lipinski definition) is 5. The van der Waals surface area contributed by atoms with Crippen LogP contribution in [0.5, 0.6) is 0 Å². The van der Waals surface area contributed by atoms with E-state index in [0.29, 0.717) is 16.3 Å². The van der Waals surface area contributed by atoms with E-state index >= 15 is 0 Å². The molecule has 2 rings (SSSR count). The summed E-state index contributed by atoms with van der Waals surface area (Å²) in [6.07, 6.45) is 0. The molecular formula is C16H13ClN2O5. The quantitative estimate of drug-likeness (QED) is 0.507. The number of ether oxygens (including phenoxy) is 1. The molecule has 0 aliphatic rings. The van der Waals surface area contributed by atoms with Crippen LogP contribution in [0.15, 0.2) is 42.5 Å². The second-order valence-corrected chi connectivity index (χ2v) is 5.33. The number of carbonyl (C=O) groups excluding carboxylic acids is 2. The molecule has 8 heteroatoms. The highest BCUT2D eigenvalue weighted by Crippen LogP contribution is 2.21. The number of anilines is 1. The van der Waals surface area contributed by atoms with E-state index in [-0.39, 0.29) is 11.3 Å². The van der Waals surface area contributed by atoms with E-state index in [9.17, 15) is 19.7 Å². The molecule has 124 valence electrons. The van der Waals surface area contributed by atoms with Gasteiger partial charge in [-0.3, -0.25) is 14.9 Å². The molecule has 0 spiro atoms. The van der Waals surface area contributed by atoms with Crippen LogP contribution in [0, 0.1) is 17.0 Å². The van der Waals surface area contributed by atoms with Crippen molar-refractivity contribution < 1.29 is 19.2 Å². The van der Waals surface area contributed by atoms with Crippen molar-refractivity contribution in [3.63, 3.8) is 0 Å². The molecule has 0 aliphatic heterocycles. The molecule has 0 bridgehead atoms. The van der Waals surface area contributed by atoms with Crippen LogP contribution in [0.25, 0.3) is 0 Å². The number of carbonyl (C=O) groups is 2. The van der Waals surface area contributed by atoms with Gasteiger partial charge in [0.15, 0.2) is 6.61 Å². The molecule has 1 amide bonds. The van der Waals surface area contributed by atoms with Gasteiger partial charge in [0.2, 0.25) is 0 Å². The van der Waals surface area contributed by atoms with Crippen molar-refractivity contribution >= 4 is 34.9 Å². The van der Waals surface area contributed by atoms with Gasteiger partial charge >= 0.3 is 5.97 Å². The second kappa shape index (κ2) is 7.56. The number of aryl methyl sites for hydroxylation is 1. The van der Waals surface area contributed by atoms with Crippen LogP contribution < -0.4 is 5.32 Å². The van der Waals surface area contributed by atoms with Crippen molar-refractivity contribution in [3.8, 4) is 0 Å². The zero-order valence-corrected chi connectivity index (χ0v) is 13.4. The van der Waals surface area contributed by atoms with Crippen LogP contribution in [-0.4, -0.2) is 23.4 Å². The maximum Gasteiger partial charge on any atom is 0.338 e. The highest BCUT2D eigenvalue weighted by atomic mass is 35.5. The fourth-order valence-corrected chi connectivity index (χ4v) is 2.11. The van der Waals surface area contributed by atoms with Crippen molar-refractivity contribution in [2.24, 2.45) is 0 Å². The second-order valence-electron chi connectivity index (χ2n) is 4.89. The van der Waals surface area contributed by atoms with Gasteiger partial charge in [-0.1, -0.05) is 17.7 Å². The first kappa shape index (κ1) is 17.4. The molecular weight excluding hydrogens is 336 g/mol. The minimum Gasteiger partial charge on any atom is -0.452 e. The summed E-state index contributed by atoms with van der Waals surface area (Å²) in [6.45, 7) is 1.14. The number of benzene rings is 2. The average molecular weight is 349 g/mol. The Morgan fingerprint density at radius 1 is 1.25 bits per heavy atom. The Morgan fingerprint density at radius 2 is 2.00 bits per heavy atom. The summed E-state index contributed by atoms with van der Waals surface area (Å²) in [4.78, 5) is 33.8. The number of amides is 1. The van der Waals surface area contributed by atoms with Crippen molar-refractivity contribution in [2.75, 3.05) is 11.9 Å². The lowest BCUT2D eigenvalue weighted by molar-refractivity contribution is -0.384. The van der Waals surface area contributed by atoms with Gasteiger partial charge in [-0.15, -0.1) is 0 Å². The highest BCUT2D eigenvalue weighted by Gasteiger charge is 2.13. The Labute approximate surface area is 142 Å². The lowest BCUT2D eigenvalue weighted by atomic mass is 10.2. The number of nitro benzene ring substituents is 1. The van der Waals surface area contributed by atoms with E-state index in [2.05, 4.69) is 5.32 Å². The largest absolute Gasteiger partial charge is 0.452 e. The third-order valence-electron chi connectivity index (χ3n) is 3.09. The minimum absolute atomic E-state index is 0.0714. The van der Waals surface area contributed by atoms with E-state index in [0.717, 1.165) is 0 Å². The van der Waals surface area contributed by atoms with E-state index in [1.54, 1.807) is 19.1 Å². The van der Waals surface area contributed by atoms with Crippen molar-refractivity contribution in [3.05, 3.63) is 68.7 Å². The zero-order valence-electron chi connectivity index (χ0n) is 12.6. The highest BCUT2D eigenvalue weighted by molar-refractivity contribution is 6.30. The van der Waals surface area contributed by atoms with Crippen LogP contribution in [0.4, 0.5) is 11.4 Å². The maximum atomic E-state index is 11.8. The average Bonchev–Trinajstić information content (AvgIpc) is 2.54. The first-order valence-electron chi connectivity index (χ1n) is 6.84. The monoisotopic (exact) mass is 348 g/mol. The third-order valence-corrected chi connectivity index (χ3v) is 3.32. The first-order chi connectivity index (χ1) is 11.4. The Balaban J connectivity index is 1.94. The lowest BCUT2D eigenvalue weighted by Crippen LogP contribution is -2.21. The van der Waals surface area contributed by atoms with Gasteiger partial charge < -0.3 is 10.1 Å². The van der Waals surface area contributed by atoms with Crippen LogP contribution >= 0.6 is 11.6 Å². The van der Waals surface area contributed by atoms with Gasteiger partial charge in [-0.05, 0) is 36.8 Å². The van der Waals surface area contributed by atoms with Crippen LogP contribution in [0.2, 0.25) is 5.02 Å². The molecule has 24 heavy (non-hydrogen) atoms. The number of nitro groups is 1. The van der Waals surface area contributed by atoms with E-state index in [1.165, 1.54) is 30.3 Å². The summed E-state index contributed by atoms with van der Waals surface area (Å²) in [6, 6.07) is 10.2. The Kier molecular flexibility index (Phi) is 5.49. The first-order valence-corrected chi connectivity index (χ1v) is 7.22. The lowest BCUT2D eigenvalue weighted by Gasteiger charge is -2.09. The van der Waals surface area contributed by atoms with Crippen molar-refractivity contribution in [1.29, 1.82) is 0 Å². The van der Waals surface area contributed by atoms with Gasteiger partial charge in [0.25, 0.3) is 11.6 Å². The third kappa shape index (κ3) is 4.53. The summed E-state index contributed by atoms with van der Waals surface area (Å²) >= 11 is 5.78. The molecule has 0 saturated carbocycles. The zero-order chi connectivity index (χ0) is 17.7. The molecule has 0 saturated heterocycles. The van der Waals surface area contributed by atoms with Crippen molar-refractivity contribution in [2.45, 2.75) is 6.92 Å². The normalized spacial score (nSPS) is 10.1. The van der Waals surface area contributed by atoms with Crippen LogP contribution in [0.3, 0.4) is 0 Å². The number of halogens is 1. The SMILES string of the molecule is Cc1cc([N+](=O)[O-])ccc1NC(=O)COC(=O)c1cccc(Cl)c1. The summed E-state index contributed by atoms with van der Waals surface area (Å²) in [5.74, 6) is -1.23. The smallest absolute Gasteiger partial charge is 0.338 e. The minimum atomic E-state index is -0.673. The molecule has 7 nitrogen and oxygen atoms in total. The molecule has 1 N–H and O–H groups in total. The predicted octanol–water partition coefficient (Wildman–Crippen LogP) is 3.35. The predicted molar refractivity (Wildman–Crippen MR) is 88.2 cm³/mol. The van der Waals surface area contributed by atoms with Gasteiger partial charge in [0.1, 0.15) is 0 Å². The van der Waals surface area contributed by atoms with Crippen LogP contribution in [-0.2, 0) is 9.53 Å². The van der Waals surface area contributed by atoms with Gasteiger partial charge in [0, 0.05) is 22.8 Å². The number of non-ortho nitro benzene ring substituents is 1. The number of hydrogen-bond donors (Lipinski definition) is 1. The molecule has 0 atom stereocenters. The Bertz CT molecular complexity index is 807. The molecule has 2 aromatic rings. The molecule has 2 aromatic carbocycles. The summed E-state index contributed by atoms with van der Waals surface area (Å²) in [7, 11) is 0. The van der Waals surface area contributed by atoms with Gasteiger partial charge in [-0.25, -0.2) is 4.79 Å². The van der Waals surface area contributed by atoms with E-state index < -0.39 is 23.4 Å². The van der Waals surface area contributed by atoms with Crippen molar-refractivity contribution in [1.82, 2.24) is 0 Å². The fourth-order valence-electron chi connectivity index (χ4n) is 1.92. The molecule has 0 aromatic heterocycles. The molecule has 0 fully saturated rings. The Morgan fingerprint density at radius 3 is 2.62 bits per heavy atom. The fraction of sp³-hybridized carbons (Fsp3) is 0.125. The topological polar surface area (TPSA) is 98.5 Å². The molecule has 0 heterocycles. The molecule has 0 radical (unpaired) electrons. The summed E-state index contributed by atoms with van der Waals surface area (Å²) < 4.78 is 4.90. The number of esters is 1. The van der Waals surface area contributed by atoms with Crippen LogP contribution in [0.1, 0.15) is 15.9 Å². The molecule has 0 unspecified atom stereocenters. The van der Waals surface area contributed by atoms with Gasteiger partial charge in [-0.2, -0.15) is 0 Å². The number of nitrogens with zero attached hydrogens (tertiary/aromatic N) is 1.